The highest BCUT2D eigenvalue weighted by molar-refractivity contribution is 5.82. The van der Waals surface area contributed by atoms with Crippen LogP contribution in [0, 0.1) is 0 Å². The van der Waals surface area contributed by atoms with Crippen molar-refractivity contribution < 1.29 is 9.90 Å². The summed E-state index contributed by atoms with van der Waals surface area (Å²) in [5.74, 6) is 0.0927. The summed E-state index contributed by atoms with van der Waals surface area (Å²) in [6.45, 7) is 3.56. The summed E-state index contributed by atoms with van der Waals surface area (Å²) in [5, 5.41) is 14.9. The summed E-state index contributed by atoms with van der Waals surface area (Å²) < 4.78 is 0. The fraction of sp³-hybridized carbons (Fsp3) is 0.917. The van der Waals surface area contributed by atoms with Crippen LogP contribution in [0.3, 0.4) is 0 Å². The summed E-state index contributed by atoms with van der Waals surface area (Å²) in [6.07, 6.45) is 4.36. The van der Waals surface area contributed by atoms with E-state index in [1.165, 1.54) is 0 Å². The van der Waals surface area contributed by atoms with Gasteiger partial charge in [0.1, 0.15) is 0 Å². The summed E-state index contributed by atoms with van der Waals surface area (Å²) >= 11 is 0. The molecular formula is C12H23N3O2. The number of hydrogen-bond acceptors (Lipinski definition) is 4. The number of aliphatic hydroxyl groups is 1. The zero-order valence-corrected chi connectivity index (χ0v) is 10.3. The van der Waals surface area contributed by atoms with Crippen molar-refractivity contribution in [2.45, 2.75) is 37.8 Å². The van der Waals surface area contributed by atoms with Gasteiger partial charge in [-0.15, -0.1) is 0 Å². The van der Waals surface area contributed by atoms with E-state index in [4.69, 9.17) is 5.11 Å². The molecule has 2 rings (SSSR count). The molecule has 0 aromatic carbocycles. The Bertz CT molecular complexity index is 254. The van der Waals surface area contributed by atoms with Crippen LogP contribution in [0.4, 0.5) is 0 Å². The van der Waals surface area contributed by atoms with Crippen LogP contribution in [0.15, 0.2) is 0 Å². The highest BCUT2D eigenvalue weighted by atomic mass is 16.3. The first-order valence-electron chi connectivity index (χ1n) is 6.68. The number of carbonyl (C=O) groups is 1. The van der Waals surface area contributed by atoms with Crippen molar-refractivity contribution in [2.75, 3.05) is 32.8 Å². The molecule has 0 saturated carbocycles. The molecule has 2 aliphatic heterocycles. The predicted octanol–water partition coefficient (Wildman–Crippen LogP) is -0.689. The van der Waals surface area contributed by atoms with E-state index in [9.17, 15) is 4.79 Å². The Balaban J connectivity index is 1.89. The van der Waals surface area contributed by atoms with Crippen LogP contribution in [-0.2, 0) is 4.79 Å². The molecule has 1 amide bonds. The van der Waals surface area contributed by atoms with E-state index >= 15 is 0 Å². The molecule has 1 atom stereocenters. The lowest BCUT2D eigenvalue weighted by Gasteiger charge is -2.35. The van der Waals surface area contributed by atoms with Crippen LogP contribution in [0.1, 0.15) is 25.7 Å². The average molecular weight is 241 g/mol. The van der Waals surface area contributed by atoms with Gasteiger partial charge in [0.15, 0.2) is 0 Å². The van der Waals surface area contributed by atoms with Crippen molar-refractivity contribution in [2.24, 2.45) is 0 Å². The third-order valence-corrected chi connectivity index (χ3v) is 3.79. The maximum absolute atomic E-state index is 12.0. The lowest BCUT2D eigenvalue weighted by molar-refractivity contribution is -0.126. The Morgan fingerprint density at radius 3 is 2.82 bits per heavy atom. The molecule has 0 aromatic heterocycles. The van der Waals surface area contributed by atoms with Gasteiger partial charge in [0, 0.05) is 12.6 Å². The summed E-state index contributed by atoms with van der Waals surface area (Å²) in [4.78, 5) is 14.3. The molecule has 17 heavy (non-hydrogen) atoms. The van der Waals surface area contributed by atoms with E-state index in [1.807, 2.05) is 0 Å². The monoisotopic (exact) mass is 241 g/mol. The molecule has 0 bridgehead atoms. The first-order chi connectivity index (χ1) is 8.33. The van der Waals surface area contributed by atoms with Crippen LogP contribution >= 0.6 is 0 Å². The quantitative estimate of drug-likeness (QED) is 0.610. The zero-order chi connectivity index (χ0) is 12.1. The molecule has 1 unspecified atom stereocenters. The second-order valence-electron chi connectivity index (χ2n) is 4.89. The molecular weight excluding hydrogens is 218 g/mol. The Morgan fingerprint density at radius 1 is 1.35 bits per heavy atom. The SMILES string of the molecule is O=C(NCCO)C1CCCN1C1CCNCC1. The number of likely N-dealkylation sites (tertiary alicyclic amines) is 1. The molecule has 0 aliphatic carbocycles. The second kappa shape index (κ2) is 6.33. The number of nitrogens with zero attached hydrogens (tertiary/aromatic N) is 1. The van der Waals surface area contributed by atoms with Crippen molar-refractivity contribution in [1.29, 1.82) is 0 Å². The van der Waals surface area contributed by atoms with Crippen LogP contribution < -0.4 is 10.6 Å². The minimum atomic E-state index is 0.0197. The van der Waals surface area contributed by atoms with Gasteiger partial charge in [0.05, 0.1) is 12.6 Å². The van der Waals surface area contributed by atoms with Crippen LogP contribution in [0.5, 0.6) is 0 Å². The van der Waals surface area contributed by atoms with E-state index in [2.05, 4.69) is 15.5 Å². The van der Waals surface area contributed by atoms with Gasteiger partial charge in [0.25, 0.3) is 0 Å². The summed E-state index contributed by atoms with van der Waals surface area (Å²) in [7, 11) is 0. The number of rotatable bonds is 4. The predicted molar refractivity (Wildman–Crippen MR) is 65.7 cm³/mol. The van der Waals surface area contributed by atoms with Crippen molar-refractivity contribution in [3.05, 3.63) is 0 Å². The van der Waals surface area contributed by atoms with Crippen molar-refractivity contribution >= 4 is 5.91 Å². The fourth-order valence-electron chi connectivity index (χ4n) is 2.94. The molecule has 2 heterocycles. The van der Waals surface area contributed by atoms with Gasteiger partial charge < -0.3 is 15.7 Å². The molecule has 2 saturated heterocycles. The molecule has 0 aromatic rings. The molecule has 0 radical (unpaired) electrons. The number of nitrogens with one attached hydrogen (secondary N) is 2. The van der Waals surface area contributed by atoms with Gasteiger partial charge in [-0.25, -0.2) is 0 Å². The third kappa shape index (κ3) is 3.18. The van der Waals surface area contributed by atoms with Crippen LogP contribution in [0.25, 0.3) is 0 Å². The Morgan fingerprint density at radius 2 is 2.12 bits per heavy atom. The first kappa shape index (κ1) is 12.8. The van der Waals surface area contributed by atoms with Gasteiger partial charge in [-0.1, -0.05) is 0 Å². The maximum atomic E-state index is 12.0. The standard InChI is InChI=1S/C12H23N3O2/c16-9-7-14-12(17)11-2-1-8-15(11)10-3-5-13-6-4-10/h10-11,13,16H,1-9H2,(H,14,17). The topological polar surface area (TPSA) is 64.6 Å². The largest absolute Gasteiger partial charge is 0.395 e. The Labute approximate surface area is 103 Å². The van der Waals surface area contributed by atoms with Gasteiger partial charge in [0.2, 0.25) is 5.91 Å². The molecule has 2 aliphatic rings. The molecule has 0 spiro atoms. The van der Waals surface area contributed by atoms with Gasteiger partial charge >= 0.3 is 0 Å². The zero-order valence-electron chi connectivity index (χ0n) is 10.3. The maximum Gasteiger partial charge on any atom is 0.237 e. The lowest BCUT2D eigenvalue weighted by Crippen LogP contribution is -2.51. The lowest BCUT2D eigenvalue weighted by atomic mass is 10.0. The number of piperidine rings is 1. The second-order valence-corrected chi connectivity index (χ2v) is 4.89. The Hall–Kier alpha value is -0.650. The van der Waals surface area contributed by atoms with E-state index in [1.54, 1.807) is 0 Å². The first-order valence-corrected chi connectivity index (χ1v) is 6.68. The summed E-state index contributed by atoms with van der Waals surface area (Å²) in [6, 6.07) is 0.591. The molecule has 5 heteroatoms. The van der Waals surface area contributed by atoms with Crippen LogP contribution in [-0.4, -0.2) is 60.8 Å². The number of amides is 1. The van der Waals surface area contributed by atoms with E-state index in [0.717, 1.165) is 45.3 Å². The van der Waals surface area contributed by atoms with Crippen molar-refractivity contribution in [3.63, 3.8) is 0 Å². The van der Waals surface area contributed by atoms with Crippen molar-refractivity contribution in [3.8, 4) is 0 Å². The van der Waals surface area contributed by atoms with Crippen LogP contribution in [0.2, 0.25) is 0 Å². The minimum Gasteiger partial charge on any atom is -0.395 e. The molecule has 3 N–H and O–H groups in total. The number of aliphatic hydroxyl groups excluding tert-OH is 1. The van der Waals surface area contributed by atoms with E-state index in [-0.39, 0.29) is 18.6 Å². The molecule has 98 valence electrons. The third-order valence-electron chi connectivity index (χ3n) is 3.79. The Kier molecular flexibility index (Phi) is 4.76. The molecule has 5 nitrogen and oxygen atoms in total. The molecule has 2 fully saturated rings. The minimum absolute atomic E-state index is 0.0197. The fourth-order valence-corrected chi connectivity index (χ4v) is 2.94. The van der Waals surface area contributed by atoms with E-state index < -0.39 is 0 Å². The van der Waals surface area contributed by atoms with Gasteiger partial charge in [-0.3, -0.25) is 9.69 Å². The normalized spacial score (nSPS) is 27.2. The van der Waals surface area contributed by atoms with E-state index in [0.29, 0.717) is 12.6 Å². The van der Waals surface area contributed by atoms with Gasteiger partial charge in [-0.2, -0.15) is 0 Å². The van der Waals surface area contributed by atoms with Gasteiger partial charge in [-0.05, 0) is 45.3 Å². The highest BCUT2D eigenvalue weighted by Crippen LogP contribution is 2.24. The van der Waals surface area contributed by atoms with Crippen molar-refractivity contribution in [1.82, 2.24) is 15.5 Å². The highest BCUT2D eigenvalue weighted by Gasteiger charge is 2.35. The number of carbonyl (C=O) groups excluding carboxylic acids is 1. The number of hydrogen-bond donors (Lipinski definition) is 3. The average Bonchev–Trinajstić information content (AvgIpc) is 2.86. The summed E-state index contributed by atoms with van der Waals surface area (Å²) in [5.41, 5.74) is 0. The smallest absolute Gasteiger partial charge is 0.237 e.